The Labute approximate surface area is 194 Å². The first-order valence-corrected chi connectivity index (χ1v) is 12.8. The maximum absolute atomic E-state index is 13.2. The number of aryl methyl sites for hydroxylation is 1. The molecule has 0 aliphatic heterocycles. The van der Waals surface area contributed by atoms with Crippen molar-refractivity contribution in [2.24, 2.45) is 11.3 Å². The van der Waals surface area contributed by atoms with Crippen LogP contribution >= 0.6 is 0 Å². The molecule has 0 radical (unpaired) electrons. The summed E-state index contributed by atoms with van der Waals surface area (Å²) in [5.74, 6) is 2.20. The number of rotatable bonds is 4. The first kappa shape index (κ1) is 21.8. The van der Waals surface area contributed by atoms with E-state index in [1.807, 2.05) is 30.3 Å². The predicted molar refractivity (Wildman–Crippen MR) is 132 cm³/mol. The van der Waals surface area contributed by atoms with E-state index in [2.05, 4.69) is 25.5 Å². The van der Waals surface area contributed by atoms with E-state index >= 15 is 0 Å². The van der Waals surface area contributed by atoms with Crippen LogP contribution in [0.25, 0.3) is 21.7 Å². The monoisotopic (exact) mass is 463 g/mol. The fourth-order valence-electron chi connectivity index (χ4n) is 4.88. The van der Waals surface area contributed by atoms with E-state index in [-0.39, 0.29) is 10.3 Å². The van der Waals surface area contributed by atoms with E-state index < -0.39 is 10.0 Å². The van der Waals surface area contributed by atoms with Crippen LogP contribution in [0.3, 0.4) is 0 Å². The smallest absolute Gasteiger partial charge is 0.261 e. The van der Waals surface area contributed by atoms with Gasteiger partial charge in [-0.25, -0.2) is 8.42 Å². The van der Waals surface area contributed by atoms with Crippen LogP contribution in [0.4, 0.5) is 5.69 Å². The van der Waals surface area contributed by atoms with Crippen LogP contribution in [0.2, 0.25) is 0 Å². The van der Waals surface area contributed by atoms with Gasteiger partial charge < -0.3 is 9.15 Å². The molecule has 1 heterocycles. The molecular weight excluding hydrogens is 434 g/mol. The van der Waals surface area contributed by atoms with Gasteiger partial charge in [-0.05, 0) is 54.5 Å². The van der Waals surface area contributed by atoms with Crippen LogP contribution in [0.1, 0.15) is 38.5 Å². The first-order chi connectivity index (χ1) is 15.7. The van der Waals surface area contributed by atoms with Crippen molar-refractivity contribution >= 4 is 37.5 Å². The SMILES string of the molecule is COc1ccc(S(=O)(=O)Nc2cc3c4c(oc3c3ccccc23)CCC(C(C)(C)C)C4)cc1. The number of benzene rings is 3. The highest BCUT2D eigenvalue weighted by Crippen LogP contribution is 2.44. The van der Waals surface area contributed by atoms with Gasteiger partial charge in [-0.2, -0.15) is 0 Å². The lowest BCUT2D eigenvalue weighted by atomic mass is 9.71. The lowest BCUT2D eigenvalue weighted by Crippen LogP contribution is -2.26. The molecular formula is C27H29NO4S. The number of fused-ring (bicyclic) bond motifs is 5. The summed E-state index contributed by atoms with van der Waals surface area (Å²) in [7, 11) is -2.22. The van der Waals surface area contributed by atoms with Crippen LogP contribution in [-0.2, 0) is 22.9 Å². The van der Waals surface area contributed by atoms with Gasteiger partial charge in [0.05, 0.1) is 17.7 Å². The molecule has 6 heteroatoms. The zero-order valence-electron chi connectivity index (χ0n) is 19.4. The van der Waals surface area contributed by atoms with E-state index in [1.54, 1.807) is 31.4 Å². The fourth-order valence-corrected chi connectivity index (χ4v) is 5.95. The quantitative estimate of drug-likeness (QED) is 0.373. The van der Waals surface area contributed by atoms with Crippen molar-refractivity contribution in [2.45, 2.75) is 44.9 Å². The van der Waals surface area contributed by atoms with Crippen LogP contribution in [0.5, 0.6) is 5.75 Å². The molecule has 1 unspecified atom stereocenters. The number of furan rings is 1. The summed E-state index contributed by atoms with van der Waals surface area (Å²) in [5, 5.41) is 2.75. The number of methoxy groups -OCH3 is 1. The zero-order valence-corrected chi connectivity index (χ0v) is 20.3. The number of sulfonamides is 1. The van der Waals surface area contributed by atoms with Gasteiger partial charge in [0.2, 0.25) is 0 Å². The summed E-state index contributed by atoms with van der Waals surface area (Å²) in [6.07, 6.45) is 2.95. The van der Waals surface area contributed by atoms with Crippen molar-refractivity contribution in [3.05, 3.63) is 65.9 Å². The lowest BCUT2D eigenvalue weighted by molar-refractivity contribution is 0.210. The topological polar surface area (TPSA) is 68.5 Å². The van der Waals surface area contributed by atoms with Crippen LogP contribution in [0.15, 0.2) is 63.9 Å². The van der Waals surface area contributed by atoms with Gasteiger partial charge in [0, 0.05) is 28.1 Å². The Morgan fingerprint density at radius 1 is 1.00 bits per heavy atom. The van der Waals surface area contributed by atoms with Gasteiger partial charge in [-0.15, -0.1) is 0 Å². The number of anilines is 1. The Balaban J connectivity index is 1.64. The molecule has 0 fully saturated rings. The standard InChI is InChI=1S/C27H29NO4S/c1-27(2,3)17-9-14-25-22(15-17)23-16-24(20-7-5-6-8-21(20)26(23)32-25)28-33(29,30)19-12-10-18(31-4)11-13-19/h5-8,10-13,16-17,28H,9,14-15H2,1-4H3. The molecule has 4 aromatic rings. The zero-order chi connectivity index (χ0) is 23.4. The first-order valence-electron chi connectivity index (χ1n) is 11.3. The molecule has 5 nitrogen and oxygen atoms in total. The average molecular weight is 464 g/mol. The molecule has 1 atom stereocenters. The highest BCUT2D eigenvalue weighted by atomic mass is 32.2. The van der Waals surface area contributed by atoms with Gasteiger partial charge in [-0.1, -0.05) is 45.0 Å². The summed E-state index contributed by atoms with van der Waals surface area (Å²) in [4.78, 5) is 0.189. The van der Waals surface area contributed by atoms with E-state index in [4.69, 9.17) is 9.15 Å². The van der Waals surface area contributed by atoms with Crippen molar-refractivity contribution in [3.63, 3.8) is 0 Å². The summed E-state index contributed by atoms with van der Waals surface area (Å²) in [6.45, 7) is 6.86. The second kappa shape index (κ2) is 7.80. The van der Waals surface area contributed by atoms with Crippen LogP contribution in [0, 0.1) is 11.3 Å². The molecule has 33 heavy (non-hydrogen) atoms. The Kier molecular flexibility index (Phi) is 5.16. The maximum atomic E-state index is 13.2. The number of hydrogen-bond acceptors (Lipinski definition) is 4. The second-order valence-corrected chi connectivity index (χ2v) is 11.6. The van der Waals surface area contributed by atoms with E-state index in [1.165, 1.54) is 5.56 Å². The van der Waals surface area contributed by atoms with Gasteiger partial charge in [0.15, 0.2) is 0 Å². The summed E-state index contributed by atoms with van der Waals surface area (Å²) < 4.78 is 40.8. The van der Waals surface area contributed by atoms with Crippen molar-refractivity contribution in [1.29, 1.82) is 0 Å². The summed E-state index contributed by atoms with van der Waals surface area (Å²) >= 11 is 0. The molecule has 0 saturated heterocycles. The van der Waals surface area contributed by atoms with Gasteiger partial charge in [0.1, 0.15) is 17.1 Å². The highest BCUT2D eigenvalue weighted by Gasteiger charge is 2.32. The number of nitrogens with one attached hydrogen (secondary N) is 1. The van der Waals surface area contributed by atoms with Crippen LogP contribution in [-0.4, -0.2) is 15.5 Å². The van der Waals surface area contributed by atoms with Crippen LogP contribution < -0.4 is 9.46 Å². The normalized spacial score (nSPS) is 16.7. The number of ether oxygens (including phenoxy) is 1. The molecule has 172 valence electrons. The van der Waals surface area contributed by atoms with E-state index in [9.17, 15) is 8.42 Å². The van der Waals surface area contributed by atoms with E-state index in [0.29, 0.717) is 17.4 Å². The minimum absolute atomic E-state index is 0.189. The molecule has 5 rings (SSSR count). The second-order valence-electron chi connectivity index (χ2n) is 9.94. The molecule has 0 saturated carbocycles. The third-order valence-corrected chi connectivity index (χ3v) is 8.27. The molecule has 1 aliphatic carbocycles. The largest absolute Gasteiger partial charge is 0.497 e. The van der Waals surface area contributed by atoms with Crippen molar-refractivity contribution in [2.75, 3.05) is 11.8 Å². The molecule has 1 aromatic heterocycles. The molecule has 3 aromatic carbocycles. The lowest BCUT2D eigenvalue weighted by Gasteiger charge is -2.33. The molecule has 0 spiro atoms. The molecule has 1 aliphatic rings. The Morgan fingerprint density at radius 3 is 2.36 bits per heavy atom. The minimum Gasteiger partial charge on any atom is -0.497 e. The third kappa shape index (κ3) is 3.86. The molecule has 0 bridgehead atoms. The third-order valence-electron chi connectivity index (χ3n) is 6.89. The van der Waals surface area contributed by atoms with Gasteiger partial charge in [0.25, 0.3) is 10.0 Å². The van der Waals surface area contributed by atoms with Gasteiger partial charge >= 0.3 is 0 Å². The Morgan fingerprint density at radius 2 is 1.70 bits per heavy atom. The van der Waals surface area contributed by atoms with Crippen molar-refractivity contribution in [3.8, 4) is 5.75 Å². The molecule has 1 N–H and O–H groups in total. The Bertz CT molecular complexity index is 1440. The van der Waals surface area contributed by atoms with Crippen molar-refractivity contribution in [1.82, 2.24) is 0 Å². The van der Waals surface area contributed by atoms with E-state index in [0.717, 1.165) is 46.8 Å². The Hall–Kier alpha value is -2.99. The highest BCUT2D eigenvalue weighted by molar-refractivity contribution is 7.92. The number of hydrogen-bond donors (Lipinski definition) is 1. The van der Waals surface area contributed by atoms with Crippen molar-refractivity contribution < 1.29 is 17.6 Å². The average Bonchev–Trinajstić information content (AvgIpc) is 3.16. The maximum Gasteiger partial charge on any atom is 0.261 e. The van der Waals surface area contributed by atoms with Gasteiger partial charge in [-0.3, -0.25) is 4.72 Å². The summed E-state index contributed by atoms with van der Waals surface area (Å²) in [5.41, 5.74) is 2.83. The molecule has 0 amide bonds. The predicted octanol–water partition coefficient (Wildman–Crippen LogP) is 6.55. The fraction of sp³-hybridized carbons (Fsp3) is 0.333. The minimum atomic E-state index is -3.77. The summed E-state index contributed by atoms with van der Waals surface area (Å²) in [6, 6.07) is 16.2.